The highest BCUT2D eigenvalue weighted by Crippen LogP contribution is 2.29. The number of ether oxygens (including phenoxy) is 3. The van der Waals surface area contributed by atoms with Gasteiger partial charge in [0.05, 0.1) is 25.5 Å². The van der Waals surface area contributed by atoms with Crippen LogP contribution in [0.5, 0.6) is 11.5 Å². The van der Waals surface area contributed by atoms with Crippen molar-refractivity contribution < 1.29 is 23.8 Å². The molecule has 0 atom stereocenters. The highest BCUT2D eigenvalue weighted by molar-refractivity contribution is 6.30. The number of benzene rings is 3. The molecule has 7 heteroatoms. The lowest BCUT2D eigenvalue weighted by atomic mass is 10.0. The molecule has 0 spiro atoms. The molecule has 164 valence electrons. The highest BCUT2D eigenvalue weighted by atomic mass is 35.5. The molecule has 1 N–H and O–H groups in total. The molecule has 3 aromatic rings. The van der Waals surface area contributed by atoms with Crippen LogP contribution < -0.4 is 14.8 Å². The molecule has 3 aromatic carbocycles. The first kappa shape index (κ1) is 22.9. The minimum Gasteiger partial charge on any atom is -0.497 e. The summed E-state index contributed by atoms with van der Waals surface area (Å²) < 4.78 is 15.7. The van der Waals surface area contributed by atoms with Gasteiger partial charge in [-0.1, -0.05) is 54.1 Å². The molecule has 0 aliphatic rings. The van der Waals surface area contributed by atoms with Gasteiger partial charge in [-0.2, -0.15) is 0 Å². The van der Waals surface area contributed by atoms with Gasteiger partial charge in [0.25, 0.3) is 5.91 Å². The predicted octanol–water partition coefficient (Wildman–Crippen LogP) is 5.08. The smallest absolute Gasteiger partial charge is 0.339 e. The molecule has 0 heterocycles. The van der Waals surface area contributed by atoms with Crippen molar-refractivity contribution in [1.29, 1.82) is 0 Å². The number of hydrogen-bond acceptors (Lipinski definition) is 5. The fourth-order valence-corrected chi connectivity index (χ4v) is 3.03. The Hall–Kier alpha value is -3.77. The van der Waals surface area contributed by atoms with Crippen molar-refractivity contribution in [3.63, 3.8) is 0 Å². The first-order chi connectivity index (χ1) is 15.5. The third-order valence-electron chi connectivity index (χ3n) is 4.50. The minimum atomic E-state index is -0.631. The van der Waals surface area contributed by atoms with Gasteiger partial charge >= 0.3 is 5.97 Å². The zero-order valence-electron chi connectivity index (χ0n) is 17.6. The summed E-state index contributed by atoms with van der Waals surface area (Å²) in [7, 11) is 3.02. The van der Waals surface area contributed by atoms with E-state index in [4.69, 9.17) is 25.8 Å². The number of esters is 1. The highest BCUT2D eigenvalue weighted by Gasteiger charge is 2.17. The third-order valence-corrected chi connectivity index (χ3v) is 4.75. The lowest BCUT2D eigenvalue weighted by molar-refractivity contribution is -0.141. The van der Waals surface area contributed by atoms with E-state index in [0.29, 0.717) is 33.3 Å². The maximum atomic E-state index is 12.9. The number of carbonyl (C=O) groups excluding carboxylic acids is 2. The topological polar surface area (TPSA) is 73.9 Å². The van der Waals surface area contributed by atoms with Crippen LogP contribution in [-0.2, 0) is 14.3 Å². The lowest BCUT2D eigenvalue weighted by Gasteiger charge is -2.12. The molecule has 0 bridgehead atoms. The summed E-state index contributed by atoms with van der Waals surface area (Å²) in [4.78, 5) is 25.2. The molecule has 0 saturated carbocycles. The molecule has 3 rings (SSSR count). The Morgan fingerprint density at radius 1 is 0.938 bits per heavy atom. The average Bonchev–Trinajstić information content (AvgIpc) is 2.82. The molecule has 0 unspecified atom stereocenters. The Kier molecular flexibility index (Phi) is 7.89. The van der Waals surface area contributed by atoms with Crippen molar-refractivity contribution >= 4 is 40.8 Å². The summed E-state index contributed by atoms with van der Waals surface area (Å²) in [6, 6.07) is 21.1. The van der Waals surface area contributed by atoms with Crippen molar-refractivity contribution in [1.82, 2.24) is 0 Å². The Bertz CT molecular complexity index is 1110. The van der Waals surface area contributed by atoms with Gasteiger partial charge in [0.15, 0.2) is 6.61 Å². The number of carbonyl (C=O) groups is 2. The largest absolute Gasteiger partial charge is 0.497 e. The maximum absolute atomic E-state index is 12.9. The van der Waals surface area contributed by atoms with E-state index in [1.165, 1.54) is 14.2 Å². The van der Waals surface area contributed by atoms with Gasteiger partial charge in [0.1, 0.15) is 11.5 Å². The molecule has 6 nitrogen and oxygen atoms in total. The van der Waals surface area contributed by atoms with Crippen molar-refractivity contribution in [3.05, 3.63) is 88.9 Å². The lowest BCUT2D eigenvalue weighted by Crippen LogP contribution is -2.21. The minimum absolute atomic E-state index is 0.308. The van der Waals surface area contributed by atoms with Crippen molar-refractivity contribution in [2.45, 2.75) is 0 Å². The number of halogens is 1. The Labute approximate surface area is 191 Å². The standard InChI is InChI=1S/C25H22ClNO5/c1-30-20-12-13-22(23(15-20)31-2)27-24(28)16-32-25(29)21(14-17-6-4-3-5-7-17)18-8-10-19(26)11-9-18/h3-15H,16H2,1-2H3,(H,27,28)/b21-14+. The molecule has 0 aliphatic carbocycles. The second-order valence-electron chi connectivity index (χ2n) is 6.67. The van der Waals surface area contributed by atoms with Gasteiger partial charge in [-0.25, -0.2) is 4.79 Å². The van der Waals surface area contributed by atoms with Crippen LogP contribution in [0.25, 0.3) is 11.6 Å². The van der Waals surface area contributed by atoms with E-state index in [9.17, 15) is 9.59 Å². The fraction of sp³-hybridized carbons (Fsp3) is 0.120. The number of rotatable bonds is 8. The fourth-order valence-electron chi connectivity index (χ4n) is 2.90. The molecular weight excluding hydrogens is 430 g/mol. The van der Waals surface area contributed by atoms with E-state index in [-0.39, 0.29) is 0 Å². The molecular formula is C25H22ClNO5. The maximum Gasteiger partial charge on any atom is 0.339 e. The summed E-state index contributed by atoms with van der Waals surface area (Å²) in [5, 5.41) is 3.22. The number of anilines is 1. The van der Waals surface area contributed by atoms with Crippen LogP contribution in [0, 0.1) is 0 Å². The Morgan fingerprint density at radius 3 is 2.31 bits per heavy atom. The van der Waals surface area contributed by atoms with Crippen molar-refractivity contribution in [2.24, 2.45) is 0 Å². The molecule has 0 saturated heterocycles. The van der Waals surface area contributed by atoms with Crippen LogP contribution >= 0.6 is 11.6 Å². The van der Waals surface area contributed by atoms with Crippen molar-refractivity contribution in [3.8, 4) is 11.5 Å². The molecule has 0 aromatic heterocycles. The molecule has 32 heavy (non-hydrogen) atoms. The number of methoxy groups -OCH3 is 2. The number of nitrogens with one attached hydrogen (secondary N) is 1. The average molecular weight is 452 g/mol. The summed E-state index contributed by atoms with van der Waals surface area (Å²) >= 11 is 5.97. The molecule has 0 fully saturated rings. The normalized spacial score (nSPS) is 10.9. The van der Waals surface area contributed by atoms with Gasteiger partial charge in [0, 0.05) is 11.1 Å². The van der Waals surface area contributed by atoms with Gasteiger partial charge in [0.2, 0.25) is 0 Å². The van der Waals surface area contributed by atoms with Gasteiger partial charge in [-0.15, -0.1) is 0 Å². The third kappa shape index (κ3) is 6.12. The number of hydrogen-bond donors (Lipinski definition) is 1. The quantitative estimate of drug-likeness (QED) is 0.294. The zero-order chi connectivity index (χ0) is 22.9. The first-order valence-electron chi connectivity index (χ1n) is 9.72. The first-order valence-corrected chi connectivity index (χ1v) is 10.1. The predicted molar refractivity (Wildman–Crippen MR) is 125 cm³/mol. The second kappa shape index (κ2) is 11.0. The molecule has 0 radical (unpaired) electrons. The summed E-state index contributed by atoms with van der Waals surface area (Å²) in [6.45, 7) is -0.465. The van der Waals surface area contributed by atoms with Crippen LogP contribution in [0.2, 0.25) is 5.02 Å². The van der Waals surface area contributed by atoms with Crippen LogP contribution in [0.4, 0.5) is 5.69 Å². The van der Waals surface area contributed by atoms with Gasteiger partial charge in [-0.3, -0.25) is 4.79 Å². The van der Waals surface area contributed by atoms with E-state index < -0.39 is 18.5 Å². The second-order valence-corrected chi connectivity index (χ2v) is 7.10. The molecule has 0 aliphatic heterocycles. The number of amides is 1. The monoisotopic (exact) mass is 451 g/mol. The Morgan fingerprint density at radius 2 is 1.66 bits per heavy atom. The van der Waals surface area contributed by atoms with Crippen LogP contribution in [0.3, 0.4) is 0 Å². The Balaban J connectivity index is 1.73. The summed E-state index contributed by atoms with van der Waals surface area (Å²) in [6.07, 6.45) is 1.70. The van der Waals surface area contributed by atoms with E-state index in [1.807, 2.05) is 30.3 Å². The van der Waals surface area contributed by atoms with Crippen molar-refractivity contribution in [2.75, 3.05) is 26.1 Å². The summed E-state index contributed by atoms with van der Waals surface area (Å²) in [5.74, 6) is -0.121. The van der Waals surface area contributed by atoms with Gasteiger partial charge < -0.3 is 19.5 Å². The molecule has 1 amide bonds. The van der Waals surface area contributed by atoms with Gasteiger partial charge in [-0.05, 0) is 41.5 Å². The van der Waals surface area contributed by atoms with Crippen LogP contribution in [0.15, 0.2) is 72.8 Å². The van der Waals surface area contributed by atoms with Crippen LogP contribution in [-0.4, -0.2) is 32.7 Å². The van der Waals surface area contributed by atoms with E-state index in [2.05, 4.69) is 5.32 Å². The van der Waals surface area contributed by atoms with E-state index >= 15 is 0 Å². The van der Waals surface area contributed by atoms with E-state index in [1.54, 1.807) is 48.5 Å². The van der Waals surface area contributed by atoms with Crippen LogP contribution in [0.1, 0.15) is 11.1 Å². The zero-order valence-corrected chi connectivity index (χ0v) is 18.4. The van der Waals surface area contributed by atoms with E-state index in [0.717, 1.165) is 5.56 Å². The SMILES string of the molecule is COc1ccc(NC(=O)COC(=O)/C(=C/c2ccccc2)c2ccc(Cl)cc2)c(OC)c1. The summed E-state index contributed by atoms with van der Waals surface area (Å²) in [5.41, 5.74) is 2.19.